The van der Waals surface area contributed by atoms with Crippen molar-refractivity contribution < 1.29 is 38.1 Å². The van der Waals surface area contributed by atoms with Crippen molar-refractivity contribution in [2.24, 2.45) is 0 Å². The fourth-order valence-electron chi connectivity index (χ4n) is 7.33. The van der Waals surface area contributed by atoms with Crippen LogP contribution < -0.4 is 15.0 Å². The first-order chi connectivity index (χ1) is 23.8. The molecule has 0 amide bonds. The third kappa shape index (κ3) is 5.09. The molecule has 4 aromatic rings. The Hall–Kier alpha value is -5.32. The highest BCUT2D eigenvalue weighted by molar-refractivity contribution is 5.89. The van der Waals surface area contributed by atoms with Gasteiger partial charge < -0.3 is 23.5 Å². The molecular weight excluding hydrogens is 640 g/mol. The zero-order chi connectivity index (χ0) is 35.7. The van der Waals surface area contributed by atoms with E-state index in [4.69, 9.17) is 23.9 Å². The molecule has 0 fully saturated rings. The summed E-state index contributed by atoms with van der Waals surface area (Å²) in [7, 11) is 0. The molecule has 0 unspecified atom stereocenters. The van der Waals surface area contributed by atoms with Gasteiger partial charge in [-0.25, -0.2) is 9.78 Å². The van der Waals surface area contributed by atoms with Gasteiger partial charge in [-0.15, -0.1) is 0 Å². The Kier molecular flexibility index (Phi) is 7.92. The van der Waals surface area contributed by atoms with Gasteiger partial charge in [0.05, 0.1) is 41.9 Å². The number of carbonyl (C=O) groups is 4. The van der Waals surface area contributed by atoms with Gasteiger partial charge in [-0.1, -0.05) is 25.1 Å². The number of ketones is 1. The topological polar surface area (TPSA) is 140 Å². The first-order valence-corrected chi connectivity index (χ1v) is 16.9. The highest BCUT2D eigenvalue weighted by Gasteiger charge is 2.50. The molecule has 2 atom stereocenters. The molecule has 0 N–H and O–H groups in total. The monoisotopic (exact) mass is 678 g/mol. The number of hydrogen-bond acceptors (Lipinski definition) is 10. The van der Waals surface area contributed by atoms with Crippen LogP contribution in [0.5, 0.6) is 11.5 Å². The number of pyridine rings is 2. The minimum atomic E-state index is -1.87. The van der Waals surface area contributed by atoms with Crippen molar-refractivity contribution in [3.63, 3.8) is 0 Å². The Labute approximate surface area is 288 Å². The van der Waals surface area contributed by atoms with Crippen molar-refractivity contribution in [1.82, 2.24) is 9.55 Å². The van der Waals surface area contributed by atoms with Gasteiger partial charge in [-0.2, -0.15) is 0 Å². The lowest BCUT2D eigenvalue weighted by atomic mass is 9.85. The van der Waals surface area contributed by atoms with Gasteiger partial charge >= 0.3 is 17.9 Å². The molecular formula is C39H38N2O9. The van der Waals surface area contributed by atoms with Crippen LogP contribution in [0.25, 0.3) is 22.3 Å². The van der Waals surface area contributed by atoms with E-state index in [1.807, 2.05) is 51.1 Å². The number of benzene rings is 2. The Morgan fingerprint density at radius 2 is 1.72 bits per heavy atom. The van der Waals surface area contributed by atoms with Gasteiger partial charge in [-0.05, 0) is 88.8 Å². The summed E-state index contributed by atoms with van der Waals surface area (Å²) < 4.78 is 24.9. The number of esters is 3. The minimum absolute atomic E-state index is 0.00740. The van der Waals surface area contributed by atoms with E-state index < -0.39 is 29.1 Å². The van der Waals surface area contributed by atoms with Crippen LogP contribution in [0.3, 0.4) is 0 Å². The van der Waals surface area contributed by atoms with E-state index in [-0.39, 0.29) is 48.3 Å². The highest BCUT2D eigenvalue weighted by Crippen LogP contribution is 2.45. The standard InChI is InChI=1S/C39H38N2O9/c1-7-39(28-17-30-33-25(16-24-10-8-9-11-29(24)40-33)18-41(30)36(45)27(28)19-47-37(39)46)49-32(44)13-12-31(43)48-34-20(2)21(3)35-26(22(34)4)14-15-38(6,50-35)23(5)42/h8-11,16-17H,7,12-15,18-19H2,1-6H3/t38-,39-/m0/s1. The van der Waals surface area contributed by atoms with Gasteiger partial charge in [0.1, 0.15) is 18.1 Å². The molecule has 258 valence electrons. The Balaban J connectivity index is 1.12. The van der Waals surface area contributed by atoms with Crippen molar-refractivity contribution in [2.75, 3.05) is 0 Å². The fourth-order valence-corrected chi connectivity index (χ4v) is 7.33. The number of fused-ring (bicyclic) bond motifs is 6. The molecule has 2 aromatic heterocycles. The molecule has 11 heteroatoms. The van der Waals surface area contributed by atoms with Gasteiger partial charge in [0.2, 0.25) is 5.60 Å². The maximum absolute atomic E-state index is 13.8. The number of hydrogen-bond donors (Lipinski definition) is 0. The lowest BCUT2D eigenvalue weighted by Gasteiger charge is -2.36. The normalized spacial score (nSPS) is 20.2. The van der Waals surface area contributed by atoms with Crippen molar-refractivity contribution >= 4 is 34.6 Å². The summed E-state index contributed by atoms with van der Waals surface area (Å²) in [5.74, 6) is -1.28. The SMILES string of the molecule is CC[C@@]1(OC(=O)CCC(=O)Oc2c(C)c(C)c3c(c2C)CC[C@@](C)(C(C)=O)O3)C(=O)OCc2c1cc1n(c2=O)Cc2cc3ccccc3nc2-1. The number of Topliss-reactive ketones (excluding diaryl/α,β-unsaturated/α-hetero) is 1. The van der Waals surface area contributed by atoms with Crippen molar-refractivity contribution in [2.45, 2.75) is 98.0 Å². The third-order valence-corrected chi connectivity index (χ3v) is 10.7. The molecule has 11 nitrogen and oxygen atoms in total. The summed E-state index contributed by atoms with van der Waals surface area (Å²) >= 11 is 0. The molecule has 0 bridgehead atoms. The number of carbonyl (C=O) groups excluding carboxylic acids is 4. The summed E-state index contributed by atoms with van der Waals surface area (Å²) in [6.07, 6.45) is 0.402. The van der Waals surface area contributed by atoms with Crippen molar-refractivity contribution in [1.29, 1.82) is 0 Å². The number of cyclic esters (lactones) is 1. The Morgan fingerprint density at radius 3 is 2.46 bits per heavy atom. The lowest BCUT2D eigenvalue weighted by Crippen LogP contribution is -2.47. The van der Waals surface area contributed by atoms with E-state index in [1.165, 1.54) is 6.92 Å². The minimum Gasteiger partial charge on any atom is -0.479 e. The summed E-state index contributed by atoms with van der Waals surface area (Å²) in [6.45, 7) is 10.6. The second-order valence-electron chi connectivity index (χ2n) is 13.6. The van der Waals surface area contributed by atoms with E-state index >= 15 is 0 Å². The van der Waals surface area contributed by atoms with E-state index in [1.54, 1.807) is 24.5 Å². The van der Waals surface area contributed by atoms with Gasteiger partial charge in [0.25, 0.3) is 5.56 Å². The molecule has 0 aliphatic carbocycles. The molecule has 3 aliphatic rings. The van der Waals surface area contributed by atoms with Crippen LogP contribution in [0.4, 0.5) is 0 Å². The van der Waals surface area contributed by atoms with Crippen LogP contribution in [-0.4, -0.2) is 38.8 Å². The van der Waals surface area contributed by atoms with Crippen molar-refractivity contribution in [3.05, 3.63) is 85.7 Å². The maximum Gasteiger partial charge on any atom is 0.355 e. The molecule has 5 heterocycles. The maximum atomic E-state index is 13.8. The number of ether oxygens (including phenoxy) is 4. The van der Waals surface area contributed by atoms with Crippen LogP contribution in [0, 0.1) is 20.8 Å². The molecule has 0 saturated carbocycles. The summed E-state index contributed by atoms with van der Waals surface area (Å²) in [5.41, 5.74) is 3.25. The van der Waals surface area contributed by atoms with Crippen LogP contribution in [0.1, 0.15) is 85.4 Å². The van der Waals surface area contributed by atoms with Crippen LogP contribution in [-0.2, 0) is 53.8 Å². The first-order valence-electron chi connectivity index (χ1n) is 16.9. The van der Waals surface area contributed by atoms with Gasteiger partial charge in [-0.3, -0.25) is 19.2 Å². The number of rotatable bonds is 7. The smallest absolute Gasteiger partial charge is 0.355 e. The van der Waals surface area contributed by atoms with Crippen LogP contribution in [0.15, 0.2) is 41.2 Å². The molecule has 2 aromatic carbocycles. The second kappa shape index (κ2) is 11.9. The molecule has 7 rings (SSSR count). The summed E-state index contributed by atoms with van der Waals surface area (Å²) in [6, 6.07) is 11.4. The predicted octanol–water partition coefficient (Wildman–Crippen LogP) is 5.61. The summed E-state index contributed by atoms with van der Waals surface area (Å²) in [4.78, 5) is 70.8. The highest BCUT2D eigenvalue weighted by atomic mass is 16.6. The number of nitrogens with zero attached hydrogens (tertiary/aromatic N) is 2. The second-order valence-corrected chi connectivity index (χ2v) is 13.6. The number of aromatic nitrogens is 2. The van der Waals surface area contributed by atoms with E-state index in [9.17, 15) is 24.0 Å². The third-order valence-electron chi connectivity index (χ3n) is 10.7. The van der Waals surface area contributed by atoms with E-state index in [0.717, 1.165) is 33.2 Å². The predicted molar refractivity (Wildman–Crippen MR) is 182 cm³/mol. The van der Waals surface area contributed by atoms with Crippen LogP contribution >= 0.6 is 0 Å². The Morgan fingerprint density at radius 1 is 0.980 bits per heavy atom. The van der Waals surface area contributed by atoms with Crippen molar-refractivity contribution in [3.8, 4) is 22.9 Å². The van der Waals surface area contributed by atoms with Gasteiger partial charge in [0, 0.05) is 22.1 Å². The summed E-state index contributed by atoms with van der Waals surface area (Å²) in [5, 5.41) is 0.948. The zero-order valence-corrected chi connectivity index (χ0v) is 29.0. The molecule has 0 saturated heterocycles. The van der Waals surface area contributed by atoms with Gasteiger partial charge in [0.15, 0.2) is 11.4 Å². The van der Waals surface area contributed by atoms with E-state index in [0.29, 0.717) is 47.8 Å². The molecule has 50 heavy (non-hydrogen) atoms. The fraction of sp³-hybridized carbons (Fsp3) is 0.385. The molecule has 0 spiro atoms. The largest absolute Gasteiger partial charge is 0.479 e. The Bertz CT molecular complexity index is 2240. The van der Waals surface area contributed by atoms with E-state index in [2.05, 4.69) is 0 Å². The quantitative estimate of drug-likeness (QED) is 0.158. The molecule has 3 aliphatic heterocycles. The zero-order valence-electron chi connectivity index (χ0n) is 29.0. The molecule has 0 radical (unpaired) electrons. The average molecular weight is 679 g/mol. The lowest BCUT2D eigenvalue weighted by molar-refractivity contribution is -0.189. The number of para-hydroxylation sites is 1. The van der Waals surface area contributed by atoms with Crippen LogP contribution in [0.2, 0.25) is 0 Å². The average Bonchev–Trinajstić information content (AvgIpc) is 3.46. The first kappa shape index (κ1) is 33.2.